The second-order valence-corrected chi connectivity index (χ2v) is 7.34. The first-order valence-electron chi connectivity index (χ1n) is 9.75. The molecule has 0 saturated carbocycles. The molecule has 28 heavy (non-hydrogen) atoms. The number of benzene rings is 4. The first-order chi connectivity index (χ1) is 13.8. The molecule has 2 nitrogen and oxygen atoms in total. The van der Waals surface area contributed by atoms with Crippen LogP contribution in [0.1, 0.15) is 22.5 Å². The molecule has 0 spiro atoms. The van der Waals surface area contributed by atoms with Crippen molar-refractivity contribution in [2.24, 2.45) is 0 Å². The van der Waals surface area contributed by atoms with Crippen molar-refractivity contribution in [2.45, 2.75) is 19.9 Å². The standard InChI is InChI=1S/C26H22N2/c1-19-9-2-3-11-21(19)17-26-27-24-15-6-7-16-25(24)28(26)18-22-13-8-12-20-10-4-5-14-23(20)22/h2-16H,17-18H2,1H3. The van der Waals surface area contributed by atoms with Gasteiger partial charge in [0.05, 0.1) is 11.0 Å². The van der Waals surface area contributed by atoms with Crippen LogP contribution < -0.4 is 0 Å². The molecule has 5 rings (SSSR count). The molecular weight excluding hydrogens is 340 g/mol. The van der Waals surface area contributed by atoms with Crippen molar-refractivity contribution in [3.63, 3.8) is 0 Å². The minimum atomic E-state index is 0.823. The number of hydrogen-bond donors (Lipinski definition) is 0. The van der Waals surface area contributed by atoms with Crippen molar-refractivity contribution >= 4 is 21.8 Å². The maximum atomic E-state index is 4.99. The van der Waals surface area contributed by atoms with Crippen LogP contribution in [0.5, 0.6) is 0 Å². The van der Waals surface area contributed by atoms with E-state index in [1.165, 1.54) is 33.0 Å². The van der Waals surface area contributed by atoms with Crippen LogP contribution in [0.25, 0.3) is 21.8 Å². The van der Waals surface area contributed by atoms with Crippen LogP contribution in [0.3, 0.4) is 0 Å². The van der Waals surface area contributed by atoms with Crippen LogP contribution in [-0.2, 0) is 13.0 Å². The molecular formula is C26H22N2. The van der Waals surface area contributed by atoms with Gasteiger partial charge in [-0.25, -0.2) is 4.98 Å². The Bertz CT molecular complexity index is 1270. The fourth-order valence-corrected chi connectivity index (χ4v) is 4.02. The second kappa shape index (κ2) is 6.97. The van der Waals surface area contributed by atoms with E-state index in [0.717, 1.165) is 24.3 Å². The third-order valence-corrected chi connectivity index (χ3v) is 5.55. The van der Waals surface area contributed by atoms with E-state index in [1.807, 2.05) is 0 Å². The highest BCUT2D eigenvalue weighted by atomic mass is 15.1. The highest BCUT2D eigenvalue weighted by Gasteiger charge is 2.13. The lowest BCUT2D eigenvalue weighted by molar-refractivity contribution is 0.765. The zero-order valence-corrected chi connectivity index (χ0v) is 16.0. The molecule has 0 fully saturated rings. The third kappa shape index (κ3) is 2.97. The van der Waals surface area contributed by atoms with Gasteiger partial charge in [0.1, 0.15) is 5.82 Å². The summed E-state index contributed by atoms with van der Waals surface area (Å²) in [5.41, 5.74) is 6.22. The summed E-state index contributed by atoms with van der Waals surface area (Å²) in [7, 11) is 0. The van der Waals surface area contributed by atoms with Crippen LogP contribution in [0.2, 0.25) is 0 Å². The van der Waals surface area contributed by atoms with Crippen LogP contribution in [0.4, 0.5) is 0 Å². The number of imidazole rings is 1. The van der Waals surface area contributed by atoms with Gasteiger partial charge in [-0.2, -0.15) is 0 Å². The van der Waals surface area contributed by atoms with E-state index in [-0.39, 0.29) is 0 Å². The maximum Gasteiger partial charge on any atom is 0.114 e. The van der Waals surface area contributed by atoms with Crippen molar-refractivity contribution in [2.75, 3.05) is 0 Å². The second-order valence-electron chi connectivity index (χ2n) is 7.34. The molecule has 0 atom stereocenters. The largest absolute Gasteiger partial charge is 0.323 e. The zero-order chi connectivity index (χ0) is 18.9. The minimum absolute atomic E-state index is 0.823. The predicted octanol–water partition coefficient (Wildman–Crippen LogP) is 6.14. The molecule has 5 aromatic rings. The predicted molar refractivity (Wildman–Crippen MR) is 117 cm³/mol. The fourth-order valence-electron chi connectivity index (χ4n) is 4.02. The normalized spacial score (nSPS) is 11.3. The Morgan fingerprint density at radius 2 is 1.43 bits per heavy atom. The Morgan fingerprint density at radius 3 is 2.36 bits per heavy atom. The molecule has 4 aromatic carbocycles. The van der Waals surface area contributed by atoms with Gasteiger partial charge in [0.25, 0.3) is 0 Å². The molecule has 1 aromatic heterocycles. The number of fused-ring (bicyclic) bond motifs is 2. The van der Waals surface area contributed by atoms with Crippen molar-refractivity contribution in [3.8, 4) is 0 Å². The van der Waals surface area contributed by atoms with Gasteiger partial charge in [0.2, 0.25) is 0 Å². The number of para-hydroxylation sites is 2. The monoisotopic (exact) mass is 362 g/mol. The molecule has 0 amide bonds. The first-order valence-corrected chi connectivity index (χ1v) is 9.75. The number of rotatable bonds is 4. The smallest absolute Gasteiger partial charge is 0.114 e. The zero-order valence-electron chi connectivity index (χ0n) is 16.0. The lowest BCUT2D eigenvalue weighted by Gasteiger charge is -2.13. The van der Waals surface area contributed by atoms with Gasteiger partial charge < -0.3 is 4.57 Å². The summed E-state index contributed by atoms with van der Waals surface area (Å²) in [5.74, 6) is 1.11. The van der Waals surface area contributed by atoms with Crippen molar-refractivity contribution in [1.29, 1.82) is 0 Å². The number of aromatic nitrogens is 2. The van der Waals surface area contributed by atoms with Crippen LogP contribution >= 0.6 is 0 Å². The average molecular weight is 362 g/mol. The molecule has 0 unspecified atom stereocenters. The molecule has 0 saturated heterocycles. The summed E-state index contributed by atoms with van der Waals surface area (Å²) in [6.45, 7) is 3.00. The Kier molecular flexibility index (Phi) is 4.17. The summed E-state index contributed by atoms with van der Waals surface area (Å²) >= 11 is 0. The fraction of sp³-hybridized carbons (Fsp3) is 0.115. The topological polar surface area (TPSA) is 17.8 Å². The van der Waals surface area contributed by atoms with Gasteiger partial charge in [0.15, 0.2) is 0 Å². The molecule has 1 heterocycles. The lowest BCUT2D eigenvalue weighted by Crippen LogP contribution is -2.07. The quantitative estimate of drug-likeness (QED) is 0.376. The van der Waals surface area contributed by atoms with Gasteiger partial charge in [-0.3, -0.25) is 0 Å². The molecule has 0 N–H and O–H groups in total. The van der Waals surface area contributed by atoms with Crippen molar-refractivity contribution in [1.82, 2.24) is 9.55 Å². The van der Waals surface area contributed by atoms with E-state index in [2.05, 4.69) is 102 Å². The van der Waals surface area contributed by atoms with Crippen LogP contribution in [0, 0.1) is 6.92 Å². The highest BCUT2D eigenvalue weighted by molar-refractivity contribution is 5.86. The molecule has 136 valence electrons. The molecule has 0 radical (unpaired) electrons. The van der Waals surface area contributed by atoms with Gasteiger partial charge in [-0.05, 0) is 46.5 Å². The molecule has 0 aliphatic carbocycles. The highest BCUT2D eigenvalue weighted by Crippen LogP contribution is 2.24. The summed E-state index contributed by atoms with van der Waals surface area (Å²) in [6.07, 6.45) is 0.839. The van der Waals surface area contributed by atoms with Crippen LogP contribution in [0.15, 0.2) is 91.0 Å². The third-order valence-electron chi connectivity index (χ3n) is 5.55. The Labute approximate surface area is 165 Å². The number of aryl methyl sites for hydroxylation is 1. The summed E-state index contributed by atoms with van der Waals surface area (Å²) in [4.78, 5) is 4.99. The lowest BCUT2D eigenvalue weighted by atomic mass is 10.0. The van der Waals surface area contributed by atoms with E-state index in [9.17, 15) is 0 Å². The SMILES string of the molecule is Cc1ccccc1Cc1nc2ccccc2n1Cc1cccc2ccccc12. The Balaban J connectivity index is 1.64. The summed E-state index contributed by atoms with van der Waals surface area (Å²) in [6, 6.07) is 32.2. The van der Waals surface area contributed by atoms with Gasteiger partial charge in [0, 0.05) is 13.0 Å². The Hall–Kier alpha value is -3.39. The van der Waals surface area contributed by atoms with E-state index in [4.69, 9.17) is 4.98 Å². The van der Waals surface area contributed by atoms with Crippen molar-refractivity contribution in [3.05, 3.63) is 114 Å². The minimum Gasteiger partial charge on any atom is -0.323 e. The van der Waals surface area contributed by atoms with E-state index < -0.39 is 0 Å². The van der Waals surface area contributed by atoms with Gasteiger partial charge in [-0.1, -0.05) is 78.9 Å². The van der Waals surface area contributed by atoms with E-state index in [1.54, 1.807) is 0 Å². The first kappa shape index (κ1) is 16.8. The summed E-state index contributed by atoms with van der Waals surface area (Å²) < 4.78 is 2.38. The van der Waals surface area contributed by atoms with Crippen molar-refractivity contribution < 1.29 is 0 Å². The average Bonchev–Trinajstić information content (AvgIpc) is 3.07. The van der Waals surface area contributed by atoms with Crippen LogP contribution in [-0.4, -0.2) is 9.55 Å². The molecule has 0 aliphatic rings. The summed E-state index contributed by atoms with van der Waals surface area (Å²) in [5, 5.41) is 2.59. The van der Waals surface area contributed by atoms with E-state index >= 15 is 0 Å². The number of hydrogen-bond acceptors (Lipinski definition) is 1. The van der Waals surface area contributed by atoms with E-state index in [0.29, 0.717) is 0 Å². The Morgan fingerprint density at radius 1 is 0.714 bits per heavy atom. The maximum absolute atomic E-state index is 4.99. The molecule has 2 heteroatoms. The molecule has 0 bridgehead atoms. The number of nitrogens with zero attached hydrogens (tertiary/aromatic N) is 2. The molecule has 0 aliphatic heterocycles. The van der Waals surface area contributed by atoms with Gasteiger partial charge >= 0.3 is 0 Å². The van der Waals surface area contributed by atoms with Gasteiger partial charge in [-0.15, -0.1) is 0 Å².